The van der Waals surface area contributed by atoms with E-state index in [9.17, 15) is 14.0 Å². The number of aromatic nitrogens is 1. The first-order chi connectivity index (χ1) is 18.1. The zero-order valence-corrected chi connectivity index (χ0v) is 21.5. The number of carbonyl (C=O) groups excluding carboxylic acids is 2. The topological polar surface area (TPSA) is 74.8 Å². The first-order valence-electron chi connectivity index (χ1n) is 12.8. The van der Waals surface area contributed by atoms with E-state index in [4.69, 9.17) is 4.74 Å². The molecule has 5 rings (SSSR count). The maximum Gasteiger partial charge on any atom is 0.275 e. The van der Waals surface area contributed by atoms with E-state index >= 15 is 0 Å². The second kappa shape index (κ2) is 11.8. The lowest BCUT2D eigenvalue weighted by atomic mass is 9.97. The summed E-state index contributed by atoms with van der Waals surface area (Å²) >= 11 is 1.50. The highest BCUT2D eigenvalue weighted by molar-refractivity contribution is 7.10. The summed E-state index contributed by atoms with van der Waals surface area (Å²) in [4.78, 5) is 34.4. The summed E-state index contributed by atoms with van der Waals surface area (Å²) in [6.45, 7) is 4.22. The lowest BCUT2D eigenvalue weighted by Crippen LogP contribution is -2.38. The third-order valence-electron chi connectivity index (χ3n) is 7.02. The van der Waals surface area contributed by atoms with Crippen molar-refractivity contribution in [3.05, 3.63) is 76.0 Å². The number of carbonyl (C=O) groups is 2. The number of benzene rings is 2. The average Bonchev–Trinajstić information content (AvgIpc) is 3.44. The minimum absolute atomic E-state index is 0.0554. The van der Waals surface area contributed by atoms with Crippen LogP contribution in [0, 0.1) is 5.82 Å². The number of halogens is 1. The summed E-state index contributed by atoms with van der Waals surface area (Å²) in [5, 5.41) is 5.79. The van der Waals surface area contributed by atoms with Crippen LogP contribution in [0.4, 0.5) is 15.8 Å². The number of aryl methyl sites for hydroxylation is 1. The van der Waals surface area contributed by atoms with Gasteiger partial charge >= 0.3 is 0 Å². The van der Waals surface area contributed by atoms with Gasteiger partial charge in [0.15, 0.2) is 0 Å². The Bertz CT molecular complexity index is 1240. The molecule has 0 spiro atoms. The lowest BCUT2D eigenvalue weighted by molar-refractivity contribution is -0.132. The molecule has 3 heterocycles. The Labute approximate surface area is 220 Å². The highest BCUT2D eigenvalue weighted by atomic mass is 32.1. The van der Waals surface area contributed by atoms with E-state index in [-0.39, 0.29) is 23.5 Å². The summed E-state index contributed by atoms with van der Waals surface area (Å²) in [6, 6.07) is 14.4. The van der Waals surface area contributed by atoms with Crippen molar-refractivity contribution in [3.8, 4) is 0 Å². The summed E-state index contributed by atoms with van der Waals surface area (Å²) in [6.07, 6.45) is 2.32. The molecule has 0 saturated carbocycles. The molecule has 2 amide bonds. The number of nitrogens with one attached hydrogen (secondary N) is 1. The van der Waals surface area contributed by atoms with Gasteiger partial charge in [-0.1, -0.05) is 30.3 Å². The Morgan fingerprint density at radius 1 is 1.03 bits per heavy atom. The second-order valence-corrected chi connectivity index (χ2v) is 10.3. The number of rotatable bonds is 7. The Morgan fingerprint density at radius 3 is 2.54 bits per heavy atom. The van der Waals surface area contributed by atoms with Crippen LogP contribution >= 0.6 is 11.3 Å². The van der Waals surface area contributed by atoms with Gasteiger partial charge in [-0.15, -0.1) is 11.3 Å². The van der Waals surface area contributed by atoms with Gasteiger partial charge < -0.3 is 19.9 Å². The quantitative estimate of drug-likeness (QED) is 0.487. The van der Waals surface area contributed by atoms with E-state index in [1.807, 2.05) is 34.5 Å². The molecule has 1 aromatic heterocycles. The second-order valence-electron chi connectivity index (χ2n) is 9.39. The van der Waals surface area contributed by atoms with Crippen LogP contribution in [-0.2, 0) is 16.0 Å². The third kappa shape index (κ3) is 6.17. The van der Waals surface area contributed by atoms with Gasteiger partial charge in [0, 0.05) is 43.9 Å². The van der Waals surface area contributed by atoms with Gasteiger partial charge in [0.1, 0.15) is 11.5 Å². The molecule has 2 aliphatic rings. The molecule has 2 aromatic carbocycles. The molecule has 2 fully saturated rings. The number of morpholine rings is 1. The van der Waals surface area contributed by atoms with E-state index in [0.29, 0.717) is 50.4 Å². The number of piperidine rings is 1. The minimum atomic E-state index is -0.262. The van der Waals surface area contributed by atoms with Crippen molar-refractivity contribution in [3.63, 3.8) is 0 Å². The number of para-hydroxylation sites is 2. The van der Waals surface area contributed by atoms with Crippen molar-refractivity contribution >= 4 is 34.5 Å². The Kier molecular flexibility index (Phi) is 8.11. The maximum absolute atomic E-state index is 13.8. The fourth-order valence-corrected chi connectivity index (χ4v) is 5.87. The fraction of sp³-hybridized carbons (Fsp3) is 0.393. The van der Waals surface area contributed by atoms with Crippen LogP contribution in [0.3, 0.4) is 0 Å². The van der Waals surface area contributed by atoms with Crippen LogP contribution in [0.1, 0.15) is 46.2 Å². The van der Waals surface area contributed by atoms with Crippen molar-refractivity contribution < 1.29 is 18.7 Å². The minimum Gasteiger partial charge on any atom is -0.378 e. The van der Waals surface area contributed by atoms with E-state index in [0.717, 1.165) is 42.3 Å². The number of likely N-dealkylation sites (tertiary alicyclic amines) is 1. The Hall–Kier alpha value is -3.30. The van der Waals surface area contributed by atoms with Gasteiger partial charge in [0.2, 0.25) is 5.91 Å². The third-order valence-corrected chi connectivity index (χ3v) is 8.03. The SMILES string of the molecule is O=C(Nc1ccccc1N1CCOCC1)c1csc(C2CCN(C(=O)CCc3ccccc3F)CC2)n1. The number of hydrogen-bond acceptors (Lipinski definition) is 6. The number of ether oxygens (including phenoxy) is 1. The van der Waals surface area contributed by atoms with E-state index in [1.54, 1.807) is 18.2 Å². The summed E-state index contributed by atoms with van der Waals surface area (Å²) in [7, 11) is 0. The van der Waals surface area contributed by atoms with E-state index in [1.165, 1.54) is 17.4 Å². The summed E-state index contributed by atoms with van der Waals surface area (Å²) in [5.41, 5.74) is 2.75. The van der Waals surface area contributed by atoms with Gasteiger partial charge in [-0.2, -0.15) is 0 Å². The molecule has 2 aliphatic heterocycles. The normalized spacial score (nSPS) is 16.6. The number of amides is 2. The standard InChI is InChI=1S/C28H31FN4O3S/c29-22-6-2-1-5-20(22)9-10-26(34)33-13-11-21(12-14-33)28-31-24(19-37-28)27(35)30-23-7-3-4-8-25(23)32-15-17-36-18-16-32/h1-8,19,21H,9-18H2,(H,30,35). The lowest BCUT2D eigenvalue weighted by Gasteiger charge is -2.31. The molecule has 2 saturated heterocycles. The molecule has 7 nitrogen and oxygen atoms in total. The molecular weight excluding hydrogens is 491 g/mol. The van der Waals surface area contributed by atoms with Crippen molar-refractivity contribution in [1.29, 1.82) is 0 Å². The van der Waals surface area contributed by atoms with Gasteiger partial charge in [-0.3, -0.25) is 9.59 Å². The Morgan fingerprint density at radius 2 is 1.76 bits per heavy atom. The monoisotopic (exact) mass is 522 g/mol. The van der Waals surface area contributed by atoms with Gasteiger partial charge in [-0.25, -0.2) is 9.37 Å². The van der Waals surface area contributed by atoms with Crippen LogP contribution < -0.4 is 10.2 Å². The molecule has 0 unspecified atom stereocenters. The van der Waals surface area contributed by atoms with Crippen molar-refractivity contribution in [2.24, 2.45) is 0 Å². The predicted octanol–water partition coefficient (Wildman–Crippen LogP) is 4.71. The molecule has 194 valence electrons. The van der Waals surface area contributed by atoms with Gasteiger partial charge in [0.05, 0.1) is 29.6 Å². The first-order valence-corrected chi connectivity index (χ1v) is 13.7. The smallest absolute Gasteiger partial charge is 0.275 e. The zero-order chi connectivity index (χ0) is 25.6. The molecule has 37 heavy (non-hydrogen) atoms. The predicted molar refractivity (Wildman–Crippen MR) is 143 cm³/mol. The van der Waals surface area contributed by atoms with Crippen LogP contribution in [0.2, 0.25) is 0 Å². The number of hydrogen-bond donors (Lipinski definition) is 1. The highest BCUT2D eigenvalue weighted by Crippen LogP contribution is 2.32. The average molecular weight is 523 g/mol. The maximum atomic E-state index is 13.8. The van der Waals surface area contributed by atoms with Crippen molar-refractivity contribution in [2.75, 3.05) is 49.6 Å². The summed E-state index contributed by atoms with van der Waals surface area (Å²) < 4.78 is 19.3. The van der Waals surface area contributed by atoms with E-state index < -0.39 is 0 Å². The molecule has 0 bridgehead atoms. The molecule has 0 atom stereocenters. The van der Waals surface area contributed by atoms with Gasteiger partial charge in [-0.05, 0) is 43.0 Å². The molecule has 1 N–H and O–H groups in total. The van der Waals surface area contributed by atoms with Crippen molar-refractivity contribution in [2.45, 2.75) is 31.6 Å². The zero-order valence-electron chi connectivity index (χ0n) is 20.7. The van der Waals surface area contributed by atoms with Crippen molar-refractivity contribution in [1.82, 2.24) is 9.88 Å². The Balaban J connectivity index is 1.14. The molecule has 3 aromatic rings. The fourth-order valence-electron chi connectivity index (χ4n) is 4.90. The largest absolute Gasteiger partial charge is 0.378 e. The molecular formula is C28H31FN4O3S. The first kappa shape index (κ1) is 25.4. The van der Waals surface area contributed by atoms with Crippen LogP contribution in [0.5, 0.6) is 0 Å². The van der Waals surface area contributed by atoms with Crippen LogP contribution in [0.15, 0.2) is 53.9 Å². The molecule has 9 heteroatoms. The number of nitrogens with zero attached hydrogens (tertiary/aromatic N) is 3. The summed E-state index contributed by atoms with van der Waals surface area (Å²) in [5.74, 6) is -0.200. The number of thiazole rings is 1. The van der Waals surface area contributed by atoms with E-state index in [2.05, 4.69) is 15.2 Å². The molecule has 0 aliphatic carbocycles. The van der Waals surface area contributed by atoms with Crippen LogP contribution in [-0.4, -0.2) is 61.1 Å². The van der Waals surface area contributed by atoms with Gasteiger partial charge in [0.25, 0.3) is 5.91 Å². The highest BCUT2D eigenvalue weighted by Gasteiger charge is 2.26. The van der Waals surface area contributed by atoms with Crippen LogP contribution in [0.25, 0.3) is 0 Å². The molecule has 0 radical (unpaired) electrons. The number of anilines is 2.